The zero-order valence-corrected chi connectivity index (χ0v) is 13.2. The van der Waals surface area contributed by atoms with E-state index in [1.807, 2.05) is 18.2 Å². The predicted molar refractivity (Wildman–Crippen MR) is 84.3 cm³/mol. The van der Waals surface area contributed by atoms with E-state index in [0.717, 1.165) is 19.5 Å². The fourth-order valence-electron chi connectivity index (χ4n) is 3.28. The van der Waals surface area contributed by atoms with E-state index in [0.29, 0.717) is 13.1 Å². The fourth-order valence-corrected chi connectivity index (χ4v) is 3.28. The van der Waals surface area contributed by atoms with Gasteiger partial charge in [-0.3, -0.25) is 14.5 Å². The minimum Gasteiger partial charge on any atom is -0.332 e. The van der Waals surface area contributed by atoms with E-state index < -0.39 is 0 Å². The van der Waals surface area contributed by atoms with Gasteiger partial charge in [0.1, 0.15) is 12.1 Å². The molecule has 3 rings (SSSR count). The molecule has 5 nitrogen and oxygen atoms in total. The number of piperazine rings is 2. The lowest BCUT2D eigenvalue weighted by molar-refractivity contribution is -0.163. The normalized spacial score (nSPS) is 26.3. The SMILES string of the molecule is C[C@H]1C(=O)N2CCN(CCc3ccccc3)C[C@@H]2C(=O)N1C. The molecule has 2 atom stereocenters. The van der Waals surface area contributed by atoms with Gasteiger partial charge in [0, 0.05) is 33.2 Å². The maximum Gasteiger partial charge on any atom is 0.247 e. The highest BCUT2D eigenvalue weighted by molar-refractivity contribution is 5.96. The van der Waals surface area contributed by atoms with Gasteiger partial charge >= 0.3 is 0 Å². The van der Waals surface area contributed by atoms with Crippen LogP contribution in [0.4, 0.5) is 0 Å². The van der Waals surface area contributed by atoms with Crippen LogP contribution >= 0.6 is 0 Å². The summed E-state index contributed by atoms with van der Waals surface area (Å²) in [5.74, 6) is 0.145. The number of benzene rings is 1. The van der Waals surface area contributed by atoms with Gasteiger partial charge in [-0.05, 0) is 18.9 Å². The summed E-state index contributed by atoms with van der Waals surface area (Å²) in [7, 11) is 1.73. The highest BCUT2D eigenvalue weighted by Crippen LogP contribution is 2.21. The molecule has 0 spiro atoms. The average molecular weight is 301 g/mol. The van der Waals surface area contributed by atoms with Crippen LogP contribution in [0.5, 0.6) is 0 Å². The second-order valence-corrected chi connectivity index (χ2v) is 6.21. The number of nitrogens with zero attached hydrogens (tertiary/aromatic N) is 3. The third-order valence-electron chi connectivity index (χ3n) is 4.88. The number of rotatable bonds is 3. The van der Waals surface area contributed by atoms with Crippen LogP contribution in [0.15, 0.2) is 30.3 Å². The molecule has 5 heteroatoms. The third-order valence-corrected chi connectivity index (χ3v) is 4.88. The van der Waals surface area contributed by atoms with Gasteiger partial charge < -0.3 is 9.80 Å². The summed E-state index contributed by atoms with van der Waals surface area (Å²) < 4.78 is 0. The molecular formula is C17H23N3O2. The van der Waals surface area contributed by atoms with Gasteiger partial charge in [-0.2, -0.15) is 0 Å². The van der Waals surface area contributed by atoms with Crippen molar-refractivity contribution < 1.29 is 9.59 Å². The predicted octanol–water partition coefficient (Wildman–Crippen LogP) is 0.602. The van der Waals surface area contributed by atoms with E-state index in [9.17, 15) is 9.59 Å². The first-order chi connectivity index (χ1) is 10.6. The number of likely N-dealkylation sites (N-methyl/N-ethyl adjacent to an activating group) is 1. The first kappa shape index (κ1) is 15.0. The molecular weight excluding hydrogens is 278 g/mol. The maximum absolute atomic E-state index is 12.4. The summed E-state index contributed by atoms with van der Waals surface area (Å²) in [4.78, 5) is 30.4. The van der Waals surface area contributed by atoms with Crippen LogP contribution in [0.25, 0.3) is 0 Å². The van der Waals surface area contributed by atoms with Gasteiger partial charge in [-0.25, -0.2) is 0 Å². The monoisotopic (exact) mass is 301 g/mol. The van der Waals surface area contributed by atoms with E-state index in [4.69, 9.17) is 0 Å². The number of hydrogen-bond acceptors (Lipinski definition) is 3. The Morgan fingerprint density at radius 1 is 1.09 bits per heavy atom. The summed E-state index contributed by atoms with van der Waals surface area (Å²) in [6.07, 6.45) is 0.974. The molecule has 2 aliphatic heterocycles. The van der Waals surface area contributed by atoms with Gasteiger partial charge in [-0.15, -0.1) is 0 Å². The second kappa shape index (κ2) is 6.08. The summed E-state index contributed by atoms with van der Waals surface area (Å²) in [6, 6.07) is 9.73. The molecule has 2 saturated heterocycles. The molecule has 0 aliphatic carbocycles. The van der Waals surface area contributed by atoms with Crippen molar-refractivity contribution in [3.8, 4) is 0 Å². The molecule has 2 aliphatic rings. The van der Waals surface area contributed by atoms with E-state index in [2.05, 4.69) is 17.0 Å². The Morgan fingerprint density at radius 2 is 1.82 bits per heavy atom. The molecule has 2 amide bonds. The van der Waals surface area contributed by atoms with Gasteiger partial charge in [0.15, 0.2) is 0 Å². The first-order valence-electron chi connectivity index (χ1n) is 7.91. The van der Waals surface area contributed by atoms with Crippen molar-refractivity contribution in [2.45, 2.75) is 25.4 Å². The number of carbonyl (C=O) groups excluding carboxylic acids is 2. The Morgan fingerprint density at radius 3 is 2.55 bits per heavy atom. The molecule has 0 bridgehead atoms. The molecule has 0 saturated carbocycles. The summed E-state index contributed by atoms with van der Waals surface area (Å²) in [6.45, 7) is 4.88. The van der Waals surface area contributed by atoms with Crippen molar-refractivity contribution in [1.82, 2.24) is 14.7 Å². The van der Waals surface area contributed by atoms with Crippen LogP contribution in [-0.4, -0.2) is 71.8 Å². The molecule has 1 aromatic rings. The molecule has 118 valence electrons. The van der Waals surface area contributed by atoms with E-state index >= 15 is 0 Å². The van der Waals surface area contributed by atoms with Crippen LogP contribution in [-0.2, 0) is 16.0 Å². The Kier molecular flexibility index (Phi) is 4.16. The summed E-state index contributed by atoms with van der Waals surface area (Å²) >= 11 is 0. The van der Waals surface area contributed by atoms with Crippen molar-refractivity contribution in [1.29, 1.82) is 0 Å². The number of fused-ring (bicyclic) bond motifs is 1. The van der Waals surface area contributed by atoms with Crippen LogP contribution < -0.4 is 0 Å². The minimum atomic E-state index is -0.334. The Hall–Kier alpha value is -1.88. The average Bonchev–Trinajstić information content (AvgIpc) is 2.57. The lowest BCUT2D eigenvalue weighted by atomic mass is 10.0. The van der Waals surface area contributed by atoms with Crippen molar-refractivity contribution >= 4 is 11.8 Å². The topological polar surface area (TPSA) is 43.9 Å². The van der Waals surface area contributed by atoms with Gasteiger partial charge in [0.05, 0.1) is 0 Å². The van der Waals surface area contributed by atoms with Gasteiger partial charge in [0.25, 0.3) is 0 Å². The Labute approximate surface area is 131 Å². The van der Waals surface area contributed by atoms with Crippen LogP contribution in [0.2, 0.25) is 0 Å². The van der Waals surface area contributed by atoms with Crippen molar-refractivity contribution in [3.63, 3.8) is 0 Å². The molecule has 0 aromatic heterocycles. The molecule has 0 unspecified atom stereocenters. The molecule has 1 aromatic carbocycles. The summed E-state index contributed by atoms with van der Waals surface area (Å²) in [5.41, 5.74) is 1.31. The van der Waals surface area contributed by atoms with Crippen LogP contribution in [0.3, 0.4) is 0 Å². The minimum absolute atomic E-state index is 0.0662. The lowest BCUT2D eigenvalue weighted by Gasteiger charge is -2.47. The van der Waals surface area contributed by atoms with E-state index in [1.165, 1.54) is 5.56 Å². The Balaban J connectivity index is 1.63. The standard InChI is InChI=1S/C17H23N3O2/c1-13-16(21)20-11-10-19(12-15(20)17(22)18(13)2)9-8-14-6-4-3-5-7-14/h3-7,13,15H,8-12H2,1-2H3/t13-,15+/m0/s1. The second-order valence-electron chi connectivity index (χ2n) is 6.21. The quantitative estimate of drug-likeness (QED) is 0.821. The van der Waals surface area contributed by atoms with Gasteiger partial charge in [-0.1, -0.05) is 30.3 Å². The number of carbonyl (C=O) groups is 2. The maximum atomic E-state index is 12.4. The van der Waals surface area contributed by atoms with Crippen molar-refractivity contribution in [3.05, 3.63) is 35.9 Å². The molecule has 2 fully saturated rings. The fraction of sp³-hybridized carbons (Fsp3) is 0.529. The highest BCUT2D eigenvalue weighted by Gasteiger charge is 2.44. The highest BCUT2D eigenvalue weighted by atomic mass is 16.2. The zero-order valence-electron chi connectivity index (χ0n) is 13.2. The third kappa shape index (κ3) is 2.73. The van der Waals surface area contributed by atoms with Crippen LogP contribution in [0, 0.1) is 0 Å². The van der Waals surface area contributed by atoms with Crippen molar-refractivity contribution in [2.24, 2.45) is 0 Å². The zero-order chi connectivity index (χ0) is 15.7. The summed E-state index contributed by atoms with van der Waals surface area (Å²) in [5, 5.41) is 0. The molecule has 2 heterocycles. The van der Waals surface area contributed by atoms with Gasteiger partial charge in [0.2, 0.25) is 11.8 Å². The number of hydrogen-bond donors (Lipinski definition) is 0. The van der Waals surface area contributed by atoms with Crippen LogP contribution in [0.1, 0.15) is 12.5 Å². The Bertz CT molecular complexity index is 560. The molecule has 0 N–H and O–H groups in total. The molecule has 22 heavy (non-hydrogen) atoms. The lowest BCUT2D eigenvalue weighted by Crippen LogP contribution is -2.68. The van der Waals surface area contributed by atoms with E-state index in [1.54, 1.807) is 23.8 Å². The smallest absolute Gasteiger partial charge is 0.247 e. The van der Waals surface area contributed by atoms with Crippen molar-refractivity contribution in [2.75, 3.05) is 33.2 Å². The van der Waals surface area contributed by atoms with E-state index in [-0.39, 0.29) is 23.9 Å². The number of amides is 2. The largest absolute Gasteiger partial charge is 0.332 e. The molecule has 0 radical (unpaired) electrons. The first-order valence-corrected chi connectivity index (χ1v) is 7.91.